The number of halogens is 1. The number of aryl methyl sites for hydroxylation is 1. The maximum atomic E-state index is 13.0. The van der Waals surface area contributed by atoms with Gasteiger partial charge in [-0.05, 0) is 37.0 Å². The van der Waals surface area contributed by atoms with Crippen molar-refractivity contribution in [2.45, 2.75) is 45.1 Å². The van der Waals surface area contributed by atoms with E-state index in [1.165, 1.54) is 0 Å². The lowest BCUT2D eigenvalue weighted by atomic mass is 10.0. The number of benzene rings is 1. The molecular weight excluding hydrogens is 376 g/mol. The molecule has 1 fully saturated rings. The van der Waals surface area contributed by atoms with Gasteiger partial charge in [0.05, 0.1) is 11.3 Å². The third-order valence-corrected chi connectivity index (χ3v) is 5.77. The maximum Gasteiger partial charge on any atom is 0.283 e. The van der Waals surface area contributed by atoms with Crippen LogP contribution in [0.3, 0.4) is 0 Å². The van der Waals surface area contributed by atoms with E-state index in [-0.39, 0.29) is 17.1 Å². The first-order valence-corrected chi connectivity index (χ1v) is 9.96. The molecule has 142 valence electrons. The minimum Gasteiger partial charge on any atom is -0.294 e. The van der Waals surface area contributed by atoms with Crippen molar-refractivity contribution in [2.75, 3.05) is 0 Å². The van der Waals surface area contributed by atoms with Gasteiger partial charge in [0.2, 0.25) is 0 Å². The molecule has 0 spiro atoms. The number of nitrogens with zero attached hydrogens (tertiary/aromatic N) is 6. The molecular formula is C20H19ClN6O. The van der Waals surface area contributed by atoms with Gasteiger partial charge in [-0.25, -0.2) is 4.98 Å². The Balaban J connectivity index is 1.76. The van der Waals surface area contributed by atoms with Crippen LogP contribution in [0.25, 0.3) is 27.9 Å². The average Bonchev–Trinajstić information content (AvgIpc) is 3.36. The Bertz CT molecular complexity index is 1240. The first-order chi connectivity index (χ1) is 13.7. The van der Waals surface area contributed by atoms with Gasteiger partial charge in [-0.3, -0.25) is 9.36 Å². The summed E-state index contributed by atoms with van der Waals surface area (Å²) in [7, 11) is 0. The summed E-state index contributed by atoms with van der Waals surface area (Å²) in [6.07, 6.45) is 6.65. The standard InChI is InChI=1S/C20H19ClN6O/c1-2-15-16(12-7-9-13(21)10-8-12)18-24-23-17-19(27(18)25-15)22-11-26(20(17)28)14-5-3-4-6-14/h7-11,14H,2-6H2,1H3. The van der Waals surface area contributed by atoms with Gasteiger partial charge in [0.25, 0.3) is 5.56 Å². The van der Waals surface area contributed by atoms with Gasteiger partial charge in [-0.2, -0.15) is 9.61 Å². The second-order valence-electron chi connectivity index (χ2n) is 7.19. The Labute approximate surface area is 166 Å². The van der Waals surface area contributed by atoms with Crippen molar-refractivity contribution in [3.63, 3.8) is 0 Å². The second-order valence-corrected chi connectivity index (χ2v) is 7.62. The first kappa shape index (κ1) is 17.3. The molecule has 0 aliphatic heterocycles. The van der Waals surface area contributed by atoms with Crippen molar-refractivity contribution in [1.82, 2.24) is 29.4 Å². The highest BCUT2D eigenvalue weighted by molar-refractivity contribution is 6.30. The molecule has 0 N–H and O–H groups in total. The summed E-state index contributed by atoms with van der Waals surface area (Å²) in [4.78, 5) is 17.5. The van der Waals surface area contributed by atoms with Gasteiger partial charge in [0, 0.05) is 11.1 Å². The van der Waals surface area contributed by atoms with Crippen molar-refractivity contribution in [2.24, 2.45) is 0 Å². The molecule has 0 bridgehead atoms. The predicted molar refractivity (Wildman–Crippen MR) is 108 cm³/mol. The van der Waals surface area contributed by atoms with Crippen LogP contribution in [0.1, 0.15) is 44.3 Å². The van der Waals surface area contributed by atoms with Gasteiger partial charge in [0.1, 0.15) is 6.33 Å². The fraction of sp³-hybridized carbons (Fsp3) is 0.350. The summed E-state index contributed by atoms with van der Waals surface area (Å²) in [5, 5.41) is 14.0. The molecule has 1 aromatic carbocycles. The smallest absolute Gasteiger partial charge is 0.283 e. The van der Waals surface area contributed by atoms with E-state index in [1.54, 1.807) is 15.4 Å². The van der Waals surface area contributed by atoms with Crippen LogP contribution in [0, 0.1) is 0 Å². The zero-order chi connectivity index (χ0) is 19.3. The van der Waals surface area contributed by atoms with E-state index in [0.717, 1.165) is 48.9 Å². The summed E-state index contributed by atoms with van der Waals surface area (Å²) in [5.74, 6) is 0. The number of aromatic nitrogens is 6. The van der Waals surface area contributed by atoms with E-state index in [0.29, 0.717) is 16.3 Å². The van der Waals surface area contributed by atoms with Crippen molar-refractivity contribution in [1.29, 1.82) is 0 Å². The third kappa shape index (κ3) is 2.61. The van der Waals surface area contributed by atoms with Crippen molar-refractivity contribution < 1.29 is 0 Å². The quantitative estimate of drug-likeness (QED) is 0.527. The van der Waals surface area contributed by atoms with Crippen LogP contribution in [-0.2, 0) is 6.42 Å². The van der Waals surface area contributed by atoms with E-state index in [1.807, 2.05) is 31.2 Å². The summed E-state index contributed by atoms with van der Waals surface area (Å²) in [6, 6.07) is 7.76. The highest BCUT2D eigenvalue weighted by Gasteiger charge is 2.22. The molecule has 0 radical (unpaired) electrons. The summed E-state index contributed by atoms with van der Waals surface area (Å²) >= 11 is 6.03. The SMILES string of the molecule is CCc1nn2c(nnc3c(=O)n(C4CCCC4)cnc32)c1-c1ccc(Cl)cc1. The molecule has 0 amide bonds. The molecule has 1 aliphatic carbocycles. The first-order valence-electron chi connectivity index (χ1n) is 9.58. The van der Waals surface area contributed by atoms with Crippen LogP contribution in [0.15, 0.2) is 35.4 Å². The number of rotatable bonds is 3. The molecule has 8 heteroatoms. The molecule has 5 rings (SSSR count). The van der Waals surface area contributed by atoms with E-state index in [9.17, 15) is 4.79 Å². The zero-order valence-electron chi connectivity index (χ0n) is 15.5. The van der Waals surface area contributed by atoms with Gasteiger partial charge >= 0.3 is 0 Å². The highest BCUT2D eigenvalue weighted by Crippen LogP contribution is 2.30. The van der Waals surface area contributed by atoms with Gasteiger partial charge in [-0.15, -0.1) is 10.2 Å². The van der Waals surface area contributed by atoms with Crippen LogP contribution in [0.2, 0.25) is 5.02 Å². The Hall–Kier alpha value is -2.80. The largest absolute Gasteiger partial charge is 0.294 e. The third-order valence-electron chi connectivity index (χ3n) is 5.52. The maximum absolute atomic E-state index is 13.0. The van der Waals surface area contributed by atoms with Crippen LogP contribution in [0.5, 0.6) is 0 Å². The monoisotopic (exact) mass is 394 g/mol. The van der Waals surface area contributed by atoms with Gasteiger partial charge in [0.15, 0.2) is 16.8 Å². The Morgan fingerprint density at radius 1 is 1.11 bits per heavy atom. The predicted octanol–water partition coefficient (Wildman–Crippen LogP) is 3.83. The normalized spacial score (nSPS) is 15.1. The average molecular weight is 395 g/mol. The lowest BCUT2D eigenvalue weighted by Gasteiger charge is -2.12. The van der Waals surface area contributed by atoms with Crippen LogP contribution >= 0.6 is 11.6 Å². The highest BCUT2D eigenvalue weighted by atomic mass is 35.5. The number of hydrogen-bond donors (Lipinski definition) is 0. The lowest BCUT2D eigenvalue weighted by molar-refractivity contribution is 0.497. The Kier molecular flexibility index (Phi) is 4.12. The van der Waals surface area contributed by atoms with E-state index < -0.39 is 0 Å². The Morgan fingerprint density at radius 3 is 2.57 bits per heavy atom. The van der Waals surface area contributed by atoms with Crippen LogP contribution < -0.4 is 5.56 Å². The number of fused-ring (bicyclic) bond motifs is 3. The van der Waals surface area contributed by atoms with E-state index >= 15 is 0 Å². The van der Waals surface area contributed by atoms with Crippen molar-refractivity contribution in [3.8, 4) is 11.1 Å². The molecule has 7 nitrogen and oxygen atoms in total. The number of hydrogen-bond acceptors (Lipinski definition) is 5. The summed E-state index contributed by atoms with van der Waals surface area (Å²) < 4.78 is 3.35. The fourth-order valence-corrected chi connectivity index (χ4v) is 4.21. The molecule has 28 heavy (non-hydrogen) atoms. The lowest BCUT2D eigenvalue weighted by Crippen LogP contribution is -2.25. The van der Waals surface area contributed by atoms with E-state index in [4.69, 9.17) is 16.7 Å². The van der Waals surface area contributed by atoms with Crippen LogP contribution in [-0.4, -0.2) is 29.4 Å². The molecule has 3 heterocycles. The van der Waals surface area contributed by atoms with Gasteiger partial charge in [-0.1, -0.05) is 43.5 Å². The molecule has 0 saturated heterocycles. The van der Waals surface area contributed by atoms with Gasteiger partial charge < -0.3 is 0 Å². The molecule has 0 unspecified atom stereocenters. The van der Waals surface area contributed by atoms with Crippen LogP contribution in [0.4, 0.5) is 0 Å². The minimum atomic E-state index is -0.145. The fourth-order valence-electron chi connectivity index (χ4n) is 4.08. The van der Waals surface area contributed by atoms with Crippen molar-refractivity contribution in [3.05, 3.63) is 51.7 Å². The topological polar surface area (TPSA) is 78.0 Å². The summed E-state index contributed by atoms with van der Waals surface area (Å²) in [6.45, 7) is 2.04. The van der Waals surface area contributed by atoms with E-state index in [2.05, 4.69) is 15.2 Å². The molecule has 1 aliphatic rings. The summed E-state index contributed by atoms with van der Waals surface area (Å²) in [5.41, 5.74) is 3.89. The molecule has 1 saturated carbocycles. The van der Waals surface area contributed by atoms with Crippen molar-refractivity contribution >= 4 is 28.4 Å². The Morgan fingerprint density at radius 2 is 1.86 bits per heavy atom. The zero-order valence-corrected chi connectivity index (χ0v) is 16.2. The molecule has 3 aromatic heterocycles. The molecule has 4 aromatic rings. The second kappa shape index (κ2) is 6.67. The molecule has 0 atom stereocenters. The minimum absolute atomic E-state index is 0.145.